The maximum Gasteiger partial charge on any atom is 0.354 e. The summed E-state index contributed by atoms with van der Waals surface area (Å²) in [6.07, 6.45) is 2.57. The van der Waals surface area contributed by atoms with Crippen LogP contribution >= 0.6 is 0 Å². The first kappa shape index (κ1) is 14.2. The molecule has 0 spiro atoms. The van der Waals surface area contributed by atoms with Crippen LogP contribution in [-0.2, 0) is 4.74 Å². The lowest BCUT2D eigenvalue weighted by molar-refractivity contribution is -0.0416. The average Bonchev–Trinajstić information content (AvgIpc) is 2.92. The van der Waals surface area contributed by atoms with Gasteiger partial charge in [0.15, 0.2) is 5.69 Å². The molecule has 3 rings (SSSR count). The van der Waals surface area contributed by atoms with Crippen LogP contribution in [0.1, 0.15) is 29.0 Å². The Kier molecular flexibility index (Phi) is 4.03. The molecule has 1 aromatic rings. The Morgan fingerprint density at radius 1 is 1.57 bits per heavy atom. The standard InChI is InChI=1S/C14H20N4O3/c1-9-5-12(13(19)20)17-14(16-9)15-6-11-7-18-4-2-3-10(18)8-21-11/h5,10-11H,2-4,6-8H2,1H3,(H,19,20)(H,15,16,17). The Morgan fingerprint density at radius 2 is 2.43 bits per heavy atom. The van der Waals surface area contributed by atoms with Crippen LogP contribution in [0.3, 0.4) is 0 Å². The second-order valence-corrected chi connectivity index (χ2v) is 5.65. The largest absolute Gasteiger partial charge is 0.477 e. The van der Waals surface area contributed by atoms with Crippen molar-refractivity contribution in [3.63, 3.8) is 0 Å². The molecule has 3 heterocycles. The molecule has 0 saturated carbocycles. The summed E-state index contributed by atoms with van der Waals surface area (Å²) < 4.78 is 5.85. The molecule has 2 N–H and O–H groups in total. The number of ether oxygens (including phenoxy) is 1. The van der Waals surface area contributed by atoms with Crippen LogP contribution < -0.4 is 5.32 Å². The maximum absolute atomic E-state index is 11.0. The van der Waals surface area contributed by atoms with E-state index in [0.717, 1.165) is 19.7 Å². The van der Waals surface area contributed by atoms with Crippen molar-refractivity contribution >= 4 is 11.9 Å². The highest BCUT2D eigenvalue weighted by atomic mass is 16.5. The van der Waals surface area contributed by atoms with Crippen LogP contribution in [0.4, 0.5) is 5.95 Å². The molecule has 0 radical (unpaired) electrons. The van der Waals surface area contributed by atoms with Crippen molar-refractivity contribution in [1.82, 2.24) is 14.9 Å². The number of hydrogen-bond acceptors (Lipinski definition) is 6. The predicted octanol–water partition coefficient (Wildman–Crippen LogP) is 0.758. The molecule has 1 aromatic heterocycles. The molecule has 2 unspecified atom stereocenters. The van der Waals surface area contributed by atoms with Gasteiger partial charge < -0.3 is 15.2 Å². The monoisotopic (exact) mass is 292 g/mol. The van der Waals surface area contributed by atoms with E-state index in [1.165, 1.54) is 18.9 Å². The van der Waals surface area contributed by atoms with E-state index in [1.54, 1.807) is 6.92 Å². The van der Waals surface area contributed by atoms with E-state index in [0.29, 0.717) is 24.2 Å². The molecule has 7 heteroatoms. The van der Waals surface area contributed by atoms with Gasteiger partial charge in [0, 0.05) is 24.8 Å². The first-order valence-corrected chi connectivity index (χ1v) is 7.30. The van der Waals surface area contributed by atoms with Gasteiger partial charge in [-0.3, -0.25) is 4.90 Å². The van der Waals surface area contributed by atoms with Crippen LogP contribution in [0.5, 0.6) is 0 Å². The number of aromatic carboxylic acids is 1. The quantitative estimate of drug-likeness (QED) is 0.847. The highest BCUT2D eigenvalue weighted by Gasteiger charge is 2.32. The number of nitrogens with one attached hydrogen (secondary N) is 1. The molecule has 2 atom stereocenters. The Bertz CT molecular complexity index is 537. The Morgan fingerprint density at radius 3 is 3.24 bits per heavy atom. The average molecular weight is 292 g/mol. The first-order chi connectivity index (χ1) is 10.1. The lowest BCUT2D eigenvalue weighted by atomic mass is 10.2. The molecule has 114 valence electrons. The zero-order chi connectivity index (χ0) is 14.8. The molecule has 2 aliphatic rings. The number of aromatic nitrogens is 2. The number of aryl methyl sites for hydroxylation is 1. The minimum atomic E-state index is -1.04. The van der Waals surface area contributed by atoms with Gasteiger partial charge in [-0.05, 0) is 32.4 Å². The second-order valence-electron chi connectivity index (χ2n) is 5.65. The van der Waals surface area contributed by atoms with Crippen molar-refractivity contribution in [3.05, 3.63) is 17.5 Å². The van der Waals surface area contributed by atoms with E-state index < -0.39 is 5.97 Å². The number of fused-ring (bicyclic) bond motifs is 1. The van der Waals surface area contributed by atoms with E-state index >= 15 is 0 Å². The Labute approximate surface area is 123 Å². The lowest BCUT2D eigenvalue weighted by Crippen LogP contribution is -2.48. The molecular weight excluding hydrogens is 272 g/mol. The van der Waals surface area contributed by atoms with Gasteiger partial charge in [-0.15, -0.1) is 0 Å². The van der Waals surface area contributed by atoms with Gasteiger partial charge in [-0.2, -0.15) is 0 Å². The van der Waals surface area contributed by atoms with Crippen LogP contribution in [0.25, 0.3) is 0 Å². The van der Waals surface area contributed by atoms with E-state index in [4.69, 9.17) is 9.84 Å². The smallest absolute Gasteiger partial charge is 0.354 e. The number of rotatable bonds is 4. The molecule has 0 bridgehead atoms. The first-order valence-electron chi connectivity index (χ1n) is 7.30. The zero-order valence-electron chi connectivity index (χ0n) is 12.1. The summed E-state index contributed by atoms with van der Waals surface area (Å²) in [5.41, 5.74) is 0.642. The van der Waals surface area contributed by atoms with Gasteiger partial charge >= 0.3 is 5.97 Å². The van der Waals surface area contributed by atoms with Gasteiger partial charge in [-0.1, -0.05) is 0 Å². The summed E-state index contributed by atoms with van der Waals surface area (Å²) in [6.45, 7) is 5.18. The van der Waals surface area contributed by atoms with Gasteiger partial charge in [-0.25, -0.2) is 14.8 Å². The highest BCUT2D eigenvalue weighted by molar-refractivity contribution is 5.85. The van der Waals surface area contributed by atoms with Gasteiger partial charge in [0.25, 0.3) is 0 Å². The van der Waals surface area contributed by atoms with Crippen molar-refractivity contribution in [2.45, 2.75) is 31.9 Å². The number of anilines is 1. The fraction of sp³-hybridized carbons (Fsp3) is 0.643. The molecule has 0 aliphatic carbocycles. The minimum absolute atomic E-state index is 0.00849. The molecule has 2 saturated heterocycles. The van der Waals surface area contributed by atoms with Crippen molar-refractivity contribution in [1.29, 1.82) is 0 Å². The van der Waals surface area contributed by atoms with Crippen molar-refractivity contribution in [2.75, 3.05) is 31.6 Å². The number of carbonyl (C=O) groups is 1. The normalized spacial score (nSPS) is 25.6. The summed E-state index contributed by atoms with van der Waals surface area (Å²) >= 11 is 0. The van der Waals surface area contributed by atoms with E-state index in [2.05, 4.69) is 20.2 Å². The predicted molar refractivity (Wildman–Crippen MR) is 76.6 cm³/mol. The van der Waals surface area contributed by atoms with Gasteiger partial charge in [0.1, 0.15) is 0 Å². The topological polar surface area (TPSA) is 87.6 Å². The number of carboxylic acids is 1. The zero-order valence-corrected chi connectivity index (χ0v) is 12.1. The number of hydrogen-bond donors (Lipinski definition) is 2. The number of morpholine rings is 1. The Balaban J connectivity index is 1.59. The molecule has 0 amide bonds. The van der Waals surface area contributed by atoms with Crippen molar-refractivity contribution in [2.24, 2.45) is 0 Å². The van der Waals surface area contributed by atoms with Crippen LogP contribution in [0.15, 0.2) is 6.07 Å². The molecule has 2 aliphatic heterocycles. The minimum Gasteiger partial charge on any atom is -0.477 e. The summed E-state index contributed by atoms with van der Waals surface area (Å²) in [7, 11) is 0. The van der Waals surface area contributed by atoms with Gasteiger partial charge in [0.2, 0.25) is 5.95 Å². The van der Waals surface area contributed by atoms with Crippen molar-refractivity contribution in [3.8, 4) is 0 Å². The van der Waals surface area contributed by atoms with E-state index in [-0.39, 0.29) is 11.8 Å². The fourth-order valence-electron chi connectivity index (χ4n) is 2.97. The van der Waals surface area contributed by atoms with Crippen LogP contribution in [0, 0.1) is 6.92 Å². The fourth-order valence-corrected chi connectivity index (χ4v) is 2.97. The summed E-state index contributed by atoms with van der Waals surface area (Å²) in [4.78, 5) is 21.7. The Hall–Kier alpha value is -1.73. The van der Waals surface area contributed by atoms with Crippen LogP contribution in [0.2, 0.25) is 0 Å². The van der Waals surface area contributed by atoms with E-state index in [1.807, 2.05) is 0 Å². The highest BCUT2D eigenvalue weighted by Crippen LogP contribution is 2.22. The third-order valence-corrected chi connectivity index (χ3v) is 4.02. The third-order valence-electron chi connectivity index (χ3n) is 4.02. The molecule has 21 heavy (non-hydrogen) atoms. The maximum atomic E-state index is 11.0. The molecule has 7 nitrogen and oxygen atoms in total. The van der Waals surface area contributed by atoms with Crippen molar-refractivity contribution < 1.29 is 14.6 Å². The number of nitrogens with zero attached hydrogens (tertiary/aromatic N) is 3. The summed E-state index contributed by atoms with van der Waals surface area (Å²) in [5.74, 6) is -0.697. The van der Waals surface area contributed by atoms with E-state index in [9.17, 15) is 4.79 Å². The SMILES string of the molecule is Cc1cc(C(=O)O)nc(NCC2CN3CCCC3CO2)n1. The summed E-state index contributed by atoms with van der Waals surface area (Å²) in [5, 5.41) is 12.1. The van der Waals surface area contributed by atoms with Crippen LogP contribution in [-0.4, -0.2) is 64.3 Å². The van der Waals surface area contributed by atoms with Gasteiger partial charge in [0.05, 0.1) is 12.7 Å². The molecule has 2 fully saturated rings. The molecule has 0 aromatic carbocycles. The third kappa shape index (κ3) is 3.30. The lowest BCUT2D eigenvalue weighted by Gasteiger charge is -2.35. The summed E-state index contributed by atoms with van der Waals surface area (Å²) in [6, 6.07) is 2.04. The number of carboxylic acid groups (broad SMARTS) is 1. The second kappa shape index (κ2) is 5.95. The molecular formula is C14H20N4O3.